The minimum atomic E-state index is -0.495. The van der Waals surface area contributed by atoms with Gasteiger partial charge in [0, 0.05) is 10.0 Å². The maximum atomic E-state index is 6.01. The lowest BCUT2D eigenvalue weighted by Crippen LogP contribution is -2.12. The lowest BCUT2D eigenvalue weighted by Gasteiger charge is -2.20. The van der Waals surface area contributed by atoms with Crippen LogP contribution in [0, 0.1) is 0 Å². The maximum absolute atomic E-state index is 6.01. The number of allylic oxidation sites excluding steroid dienone is 4. The van der Waals surface area contributed by atoms with E-state index in [0.29, 0.717) is 0 Å². The molecular weight excluding hydrogens is 306 g/mol. The summed E-state index contributed by atoms with van der Waals surface area (Å²) in [5.74, 6) is 0. The van der Waals surface area contributed by atoms with Gasteiger partial charge in [-0.2, -0.15) is 0 Å². The molecule has 3 heteroatoms. The van der Waals surface area contributed by atoms with Gasteiger partial charge in [0.15, 0.2) is 0 Å². The van der Waals surface area contributed by atoms with Crippen LogP contribution in [0.2, 0.25) is 10.0 Å². The highest BCUT2D eigenvalue weighted by Gasteiger charge is 2.19. The predicted octanol–water partition coefficient (Wildman–Crippen LogP) is 5.27. The summed E-state index contributed by atoms with van der Waals surface area (Å²) in [4.78, 5) is 0. The molecule has 0 bridgehead atoms. The minimum absolute atomic E-state index is 0.495. The average molecular weight is 319 g/mol. The van der Waals surface area contributed by atoms with Crippen LogP contribution in [0.15, 0.2) is 72.1 Å². The molecule has 0 unspecified atom stereocenters. The topological polar surface area (TPSA) is 0 Å². The first-order valence-electron chi connectivity index (χ1n) is 6.41. The molecule has 0 N–H and O–H groups in total. The average Bonchev–Trinajstić information content (AvgIpc) is 2.97. The van der Waals surface area contributed by atoms with Crippen molar-refractivity contribution >= 4 is 41.7 Å². The molecule has 0 saturated heterocycles. The highest BCUT2D eigenvalue weighted by atomic mass is 35.5. The summed E-state index contributed by atoms with van der Waals surface area (Å²) < 4.78 is 0. The van der Waals surface area contributed by atoms with Crippen LogP contribution in [0.25, 0.3) is 0 Å². The first-order chi connectivity index (χ1) is 9.74. The van der Waals surface area contributed by atoms with Gasteiger partial charge in [-0.05, 0) is 54.5 Å². The van der Waals surface area contributed by atoms with E-state index in [9.17, 15) is 0 Å². The fourth-order valence-corrected chi connectivity index (χ4v) is 4.89. The van der Waals surface area contributed by atoms with E-state index in [0.717, 1.165) is 16.5 Å². The minimum Gasteiger partial charge on any atom is -0.0843 e. The van der Waals surface area contributed by atoms with Crippen LogP contribution in [0.4, 0.5) is 0 Å². The van der Waals surface area contributed by atoms with Gasteiger partial charge in [-0.1, -0.05) is 65.7 Å². The van der Waals surface area contributed by atoms with Crippen LogP contribution < -0.4 is 10.6 Å². The molecule has 0 aliphatic heterocycles. The molecule has 100 valence electrons. The molecule has 0 radical (unpaired) electrons. The highest BCUT2D eigenvalue weighted by Crippen LogP contribution is 2.46. The van der Waals surface area contributed by atoms with Crippen molar-refractivity contribution in [2.45, 2.75) is 6.42 Å². The SMILES string of the molecule is Clc1ccc(P(C2=CC=CC2)c2ccc(Cl)cc2)cc1. The number of benzene rings is 2. The smallest absolute Gasteiger partial charge is 0.0406 e. The third-order valence-corrected chi connectivity index (χ3v) is 6.25. The normalized spacial score (nSPS) is 13.8. The Bertz CT molecular complexity index is 609. The van der Waals surface area contributed by atoms with E-state index in [-0.39, 0.29) is 0 Å². The van der Waals surface area contributed by atoms with Gasteiger partial charge >= 0.3 is 0 Å². The van der Waals surface area contributed by atoms with E-state index in [1.807, 2.05) is 24.3 Å². The van der Waals surface area contributed by atoms with Gasteiger partial charge in [-0.25, -0.2) is 0 Å². The number of rotatable bonds is 3. The second kappa shape index (κ2) is 6.14. The molecule has 20 heavy (non-hydrogen) atoms. The van der Waals surface area contributed by atoms with Crippen molar-refractivity contribution in [2.24, 2.45) is 0 Å². The molecular formula is C17H13Cl2P. The predicted molar refractivity (Wildman–Crippen MR) is 90.9 cm³/mol. The third kappa shape index (κ3) is 2.99. The van der Waals surface area contributed by atoms with Gasteiger partial charge in [0.1, 0.15) is 0 Å². The summed E-state index contributed by atoms with van der Waals surface area (Å²) >= 11 is 12.0. The first-order valence-corrected chi connectivity index (χ1v) is 8.51. The maximum Gasteiger partial charge on any atom is 0.0406 e. The Kier molecular flexibility index (Phi) is 4.27. The summed E-state index contributed by atoms with van der Waals surface area (Å²) in [6, 6.07) is 16.4. The van der Waals surface area contributed by atoms with Gasteiger partial charge in [0.25, 0.3) is 0 Å². The fraction of sp³-hybridized carbons (Fsp3) is 0.0588. The Labute approximate surface area is 130 Å². The zero-order valence-corrected chi connectivity index (χ0v) is 13.2. The first kappa shape index (κ1) is 13.9. The van der Waals surface area contributed by atoms with Crippen molar-refractivity contribution in [2.75, 3.05) is 0 Å². The third-order valence-electron chi connectivity index (χ3n) is 3.21. The van der Waals surface area contributed by atoms with Gasteiger partial charge in [-0.15, -0.1) is 0 Å². The van der Waals surface area contributed by atoms with Crippen LogP contribution in [-0.2, 0) is 0 Å². The Balaban J connectivity index is 2.04. The largest absolute Gasteiger partial charge is 0.0843 e. The summed E-state index contributed by atoms with van der Waals surface area (Å²) in [7, 11) is -0.495. The van der Waals surface area contributed by atoms with Gasteiger partial charge in [0.05, 0.1) is 0 Å². The van der Waals surface area contributed by atoms with Crippen molar-refractivity contribution < 1.29 is 0 Å². The lowest BCUT2D eigenvalue weighted by atomic mass is 10.4. The van der Waals surface area contributed by atoms with Crippen molar-refractivity contribution in [3.05, 3.63) is 82.1 Å². The van der Waals surface area contributed by atoms with E-state index in [4.69, 9.17) is 23.2 Å². The Morgan fingerprint density at radius 3 is 1.65 bits per heavy atom. The van der Waals surface area contributed by atoms with E-state index in [1.165, 1.54) is 15.9 Å². The Morgan fingerprint density at radius 1 is 0.750 bits per heavy atom. The summed E-state index contributed by atoms with van der Waals surface area (Å²) in [6.45, 7) is 0. The van der Waals surface area contributed by atoms with Crippen molar-refractivity contribution in [3.8, 4) is 0 Å². The molecule has 0 amide bonds. The molecule has 1 aliphatic rings. The molecule has 2 aromatic rings. The molecule has 2 aromatic carbocycles. The quantitative estimate of drug-likeness (QED) is 0.676. The van der Waals surface area contributed by atoms with Crippen LogP contribution in [0.1, 0.15) is 6.42 Å². The van der Waals surface area contributed by atoms with Crippen molar-refractivity contribution in [3.63, 3.8) is 0 Å². The molecule has 0 heterocycles. The second-order valence-corrected chi connectivity index (χ2v) is 7.73. The zero-order valence-electron chi connectivity index (χ0n) is 10.8. The highest BCUT2D eigenvalue weighted by molar-refractivity contribution is 7.76. The lowest BCUT2D eigenvalue weighted by molar-refractivity contribution is 1.41. The van der Waals surface area contributed by atoms with Gasteiger partial charge in [0.2, 0.25) is 0 Å². The molecule has 0 nitrogen and oxygen atoms in total. The molecule has 0 fully saturated rings. The molecule has 3 rings (SSSR count). The fourth-order valence-electron chi connectivity index (χ4n) is 2.26. The monoisotopic (exact) mass is 318 g/mol. The Morgan fingerprint density at radius 2 is 1.25 bits per heavy atom. The molecule has 1 aliphatic carbocycles. The van der Waals surface area contributed by atoms with Crippen LogP contribution in [0.3, 0.4) is 0 Å². The van der Waals surface area contributed by atoms with E-state index in [1.54, 1.807) is 0 Å². The number of hydrogen-bond donors (Lipinski definition) is 0. The molecule has 0 spiro atoms. The van der Waals surface area contributed by atoms with Crippen LogP contribution in [0.5, 0.6) is 0 Å². The molecule has 0 atom stereocenters. The standard InChI is InChI=1S/C17H13Cl2P/c18-13-5-9-16(10-6-13)20(15-3-1-2-4-15)17-11-7-14(19)8-12-17/h1-3,5-12H,4H2. The summed E-state index contributed by atoms with van der Waals surface area (Å²) in [6.07, 6.45) is 7.60. The van der Waals surface area contributed by atoms with E-state index in [2.05, 4.69) is 42.5 Å². The Hall–Kier alpha value is -1.07. The number of halogens is 2. The van der Waals surface area contributed by atoms with Gasteiger partial charge < -0.3 is 0 Å². The van der Waals surface area contributed by atoms with Crippen molar-refractivity contribution in [1.82, 2.24) is 0 Å². The second-order valence-electron chi connectivity index (χ2n) is 4.58. The summed E-state index contributed by atoms with van der Waals surface area (Å²) in [5.41, 5.74) is 0. The zero-order chi connectivity index (χ0) is 13.9. The van der Waals surface area contributed by atoms with E-state index < -0.39 is 7.92 Å². The molecule has 0 saturated carbocycles. The van der Waals surface area contributed by atoms with E-state index >= 15 is 0 Å². The number of hydrogen-bond acceptors (Lipinski definition) is 0. The van der Waals surface area contributed by atoms with Crippen molar-refractivity contribution in [1.29, 1.82) is 0 Å². The van der Waals surface area contributed by atoms with Gasteiger partial charge in [-0.3, -0.25) is 0 Å². The summed E-state index contributed by atoms with van der Waals surface area (Å²) in [5, 5.41) is 5.66. The van der Waals surface area contributed by atoms with Crippen LogP contribution in [-0.4, -0.2) is 0 Å². The van der Waals surface area contributed by atoms with Crippen LogP contribution >= 0.6 is 31.1 Å². The molecule has 0 aromatic heterocycles.